The molecule has 0 saturated heterocycles. The van der Waals surface area contributed by atoms with Gasteiger partial charge in [-0.2, -0.15) is 0 Å². The maximum absolute atomic E-state index is 13.5. The number of halogens is 3. The van der Waals surface area contributed by atoms with Crippen LogP contribution in [0.3, 0.4) is 0 Å². The highest BCUT2D eigenvalue weighted by atomic mass is 79.9. The van der Waals surface area contributed by atoms with Crippen LogP contribution in [0.4, 0.5) is 0 Å². The molecule has 0 aliphatic rings. The third kappa shape index (κ3) is 6.58. The second kappa shape index (κ2) is 11.5. The van der Waals surface area contributed by atoms with Gasteiger partial charge in [-0.3, -0.25) is 9.59 Å². The lowest BCUT2D eigenvalue weighted by Crippen LogP contribution is -2.50. The Morgan fingerprint density at radius 1 is 0.969 bits per heavy atom. The number of carbonyl (C=O) groups excluding carboxylic acids is 2. The molecule has 32 heavy (non-hydrogen) atoms. The van der Waals surface area contributed by atoms with Crippen molar-refractivity contribution in [3.05, 3.63) is 104 Å². The van der Waals surface area contributed by atoms with Crippen molar-refractivity contribution >= 4 is 50.9 Å². The summed E-state index contributed by atoms with van der Waals surface area (Å²) < 4.78 is 0.944. The van der Waals surface area contributed by atoms with Crippen LogP contribution in [0, 0.1) is 0 Å². The summed E-state index contributed by atoms with van der Waals surface area (Å²) in [6, 6.07) is 21.8. The van der Waals surface area contributed by atoms with Crippen molar-refractivity contribution in [2.24, 2.45) is 0 Å². The zero-order valence-electron chi connectivity index (χ0n) is 17.5. The average Bonchev–Trinajstić information content (AvgIpc) is 2.79. The zero-order chi connectivity index (χ0) is 23.1. The van der Waals surface area contributed by atoms with Gasteiger partial charge >= 0.3 is 0 Å². The molecule has 0 heterocycles. The van der Waals surface area contributed by atoms with E-state index in [2.05, 4.69) is 21.2 Å². The Hall–Kier alpha value is -2.34. The van der Waals surface area contributed by atoms with Gasteiger partial charge in [0.2, 0.25) is 11.8 Å². The van der Waals surface area contributed by atoms with E-state index in [1.54, 1.807) is 30.1 Å². The number of carbonyl (C=O) groups is 2. The molecule has 0 aliphatic carbocycles. The van der Waals surface area contributed by atoms with Gasteiger partial charge in [0, 0.05) is 34.5 Å². The van der Waals surface area contributed by atoms with Crippen LogP contribution >= 0.6 is 39.1 Å². The van der Waals surface area contributed by atoms with Gasteiger partial charge in [-0.05, 0) is 41.0 Å². The fourth-order valence-electron chi connectivity index (χ4n) is 3.44. The van der Waals surface area contributed by atoms with E-state index in [1.807, 2.05) is 54.6 Å². The summed E-state index contributed by atoms with van der Waals surface area (Å²) in [7, 11) is 1.58. The molecule has 0 bridgehead atoms. The molecule has 7 heteroatoms. The molecular weight excluding hydrogens is 511 g/mol. The average molecular weight is 534 g/mol. The molecular formula is C25H23BrCl2N2O2. The monoisotopic (exact) mass is 532 g/mol. The molecule has 4 nitrogen and oxygen atoms in total. The number of benzene rings is 3. The molecule has 0 saturated carbocycles. The Morgan fingerprint density at radius 2 is 1.66 bits per heavy atom. The van der Waals surface area contributed by atoms with E-state index in [1.165, 1.54) is 0 Å². The number of rotatable bonds is 8. The SMILES string of the molecule is CNC(=O)[C@H](Cc1ccccc1)N(Cc1ccc(Br)cc1)C(=O)Cc1ccc(Cl)cc1Cl. The lowest BCUT2D eigenvalue weighted by Gasteiger charge is -2.31. The zero-order valence-corrected chi connectivity index (χ0v) is 20.6. The number of nitrogens with one attached hydrogen (secondary N) is 1. The van der Waals surface area contributed by atoms with E-state index >= 15 is 0 Å². The summed E-state index contributed by atoms with van der Waals surface area (Å²) >= 11 is 15.8. The normalized spacial score (nSPS) is 11.6. The first kappa shape index (κ1) is 24.3. The summed E-state index contributed by atoms with van der Waals surface area (Å²) in [6.45, 7) is 0.294. The highest BCUT2D eigenvalue weighted by Crippen LogP contribution is 2.23. The van der Waals surface area contributed by atoms with E-state index in [0.717, 1.165) is 15.6 Å². The van der Waals surface area contributed by atoms with Gasteiger partial charge in [0.15, 0.2) is 0 Å². The van der Waals surface area contributed by atoms with Gasteiger partial charge in [-0.25, -0.2) is 0 Å². The van der Waals surface area contributed by atoms with Crippen LogP contribution in [0.1, 0.15) is 16.7 Å². The molecule has 1 atom stereocenters. The van der Waals surface area contributed by atoms with Crippen molar-refractivity contribution in [3.8, 4) is 0 Å². The molecule has 2 amide bonds. The topological polar surface area (TPSA) is 49.4 Å². The first-order valence-electron chi connectivity index (χ1n) is 10.1. The molecule has 166 valence electrons. The molecule has 3 aromatic rings. The maximum atomic E-state index is 13.5. The second-order valence-electron chi connectivity index (χ2n) is 7.38. The summed E-state index contributed by atoms with van der Waals surface area (Å²) in [6.07, 6.45) is 0.464. The highest BCUT2D eigenvalue weighted by Gasteiger charge is 2.30. The minimum absolute atomic E-state index is 0.0643. The molecule has 3 aromatic carbocycles. The third-order valence-electron chi connectivity index (χ3n) is 5.14. The van der Waals surface area contributed by atoms with E-state index in [0.29, 0.717) is 28.6 Å². The standard InChI is InChI=1S/C25H23BrCl2N2O2/c1-29-25(32)23(13-17-5-3-2-4-6-17)30(16-18-7-10-20(26)11-8-18)24(31)14-19-9-12-21(27)15-22(19)28/h2-12,15,23H,13-14,16H2,1H3,(H,29,32)/t23-/m0/s1. The van der Waals surface area contributed by atoms with Crippen molar-refractivity contribution in [1.29, 1.82) is 0 Å². The quantitative estimate of drug-likeness (QED) is 0.404. The number of nitrogens with zero attached hydrogens (tertiary/aromatic N) is 1. The Morgan fingerprint density at radius 3 is 2.28 bits per heavy atom. The smallest absolute Gasteiger partial charge is 0.242 e. The Labute approximate surface area is 206 Å². The molecule has 1 N–H and O–H groups in total. The van der Waals surface area contributed by atoms with Gasteiger partial charge in [-0.1, -0.05) is 87.7 Å². The molecule has 0 fully saturated rings. The molecule has 0 aromatic heterocycles. The number of hydrogen-bond acceptors (Lipinski definition) is 2. The third-order valence-corrected chi connectivity index (χ3v) is 6.26. The predicted octanol–water partition coefficient (Wildman–Crippen LogP) is 5.68. The maximum Gasteiger partial charge on any atom is 0.242 e. The van der Waals surface area contributed by atoms with E-state index in [-0.39, 0.29) is 18.2 Å². The van der Waals surface area contributed by atoms with Crippen molar-refractivity contribution in [2.45, 2.75) is 25.4 Å². The van der Waals surface area contributed by atoms with Crippen LogP contribution < -0.4 is 5.32 Å². The molecule has 0 unspecified atom stereocenters. The van der Waals surface area contributed by atoms with Crippen LogP contribution in [0.15, 0.2) is 77.3 Å². The Bertz CT molecular complexity index is 1080. The van der Waals surface area contributed by atoms with E-state index in [9.17, 15) is 9.59 Å². The fraction of sp³-hybridized carbons (Fsp3) is 0.200. The van der Waals surface area contributed by atoms with Crippen LogP contribution in [0.5, 0.6) is 0 Å². The molecule has 0 aliphatic heterocycles. The minimum Gasteiger partial charge on any atom is -0.357 e. The second-order valence-corrected chi connectivity index (χ2v) is 9.14. The Kier molecular flexibility index (Phi) is 8.74. The summed E-state index contributed by atoms with van der Waals surface area (Å²) in [5, 5.41) is 3.64. The Balaban J connectivity index is 1.95. The first-order valence-corrected chi connectivity index (χ1v) is 11.7. The first-order chi connectivity index (χ1) is 15.4. The highest BCUT2D eigenvalue weighted by molar-refractivity contribution is 9.10. The molecule has 3 rings (SSSR count). The van der Waals surface area contributed by atoms with Gasteiger partial charge in [0.05, 0.1) is 6.42 Å². The fourth-order valence-corrected chi connectivity index (χ4v) is 4.18. The largest absolute Gasteiger partial charge is 0.357 e. The lowest BCUT2D eigenvalue weighted by atomic mass is 10.0. The van der Waals surface area contributed by atoms with Gasteiger partial charge in [0.25, 0.3) is 0 Å². The number of hydrogen-bond donors (Lipinski definition) is 1. The van der Waals surface area contributed by atoms with Gasteiger partial charge in [-0.15, -0.1) is 0 Å². The molecule has 0 radical (unpaired) electrons. The summed E-state index contributed by atoms with van der Waals surface area (Å²) in [5.41, 5.74) is 2.56. The molecule has 0 spiro atoms. The van der Waals surface area contributed by atoms with Crippen LogP contribution in [0.25, 0.3) is 0 Å². The van der Waals surface area contributed by atoms with Gasteiger partial charge < -0.3 is 10.2 Å². The van der Waals surface area contributed by atoms with Crippen LogP contribution in [-0.4, -0.2) is 29.8 Å². The van der Waals surface area contributed by atoms with Crippen molar-refractivity contribution in [3.63, 3.8) is 0 Å². The van der Waals surface area contributed by atoms with Gasteiger partial charge in [0.1, 0.15) is 6.04 Å². The minimum atomic E-state index is -0.676. The summed E-state index contributed by atoms with van der Waals surface area (Å²) in [5.74, 6) is -0.414. The summed E-state index contributed by atoms with van der Waals surface area (Å²) in [4.78, 5) is 28.1. The lowest BCUT2D eigenvalue weighted by molar-refractivity contribution is -0.140. The van der Waals surface area contributed by atoms with E-state index < -0.39 is 6.04 Å². The van der Waals surface area contributed by atoms with Crippen LogP contribution in [0.2, 0.25) is 10.0 Å². The predicted molar refractivity (Wildman–Crippen MR) is 133 cm³/mol. The number of likely N-dealkylation sites (N-methyl/N-ethyl adjacent to an activating group) is 1. The van der Waals surface area contributed by atoms with Crippen molar-refractivity contribution < 1.29 is 9.59 Å². The number of amides is 2. The van der Waals surface area contributed by atoms with Crippen molar-refractivity contribution in [2.75, 3.05) is 7.05 Å². The van der Waals surface area contributed by atoms with Crippen molar-refractivity contribution in [1.82, 2.24) is 10.2 Å². The van der Waals surface area contributed by atoms with E-state index in [4.69, 9.17) is 23.2 Å². The van der Waals surface area contributed by atoms with Crippen LogP contribution in [-0.2, 0) is 29.0 Å².